The van der Waals surface area contributed by atoms with Crippen molar-refractivity contribution < 1.29 is 14.6 Å². The number of benzene rings is 1. The fourth-order valence-corrected chi connectivity index (χ4v) is 3.28. The molecule has 0 aliphatic carbocycles. The highest BCUT2D eigenvalue weighted by molar-refractivity contribution is 6.30. The van der Waals surface area contributed by atoms with Gasteiger partial charge in [-0.05, 0) is 51.4 Å². The van der Waals surface area contributed by atoms with Gasteiger partial charge in [0.15, 0.2) is 0 Å². The topological polar surface area (TPSA) is 53.0 Å². The van der Waals surface area contributed by atoms with Gasteiger partial charge in [0.2, 0.25) is 5.91 Å². The summed E-state index contributed by atoms with van der Waals surface area (Å²) >= 11 is 5.95. The van der Waals surface area contributed by atoms with Crippen molar-refractivity contribution in [2.45, 2.75) is 32.3 Å². The molecule has 1 aliphatic heterocycles. The summed E-state index contributed by atoms with van der Waals surface area (Å²) in [4.78, 5) is 16.1. The molecule has 1 aromatic carbocycles. The minimum atomic E-state index is -0.940. The van der Waals surface area contributed by atoms with Gasteiger partial charge in [0.05, 0.1) is 6.54 Å². The van der Waals surface area contributed by atoms with Gasteiger partial charge in [-0.15, -0.1) is 0 Å². The summed E-state index contributed by atoms with van der Waals surface area (Å²) in [5.74, 6) is 0.757. The number of likely N-dealkylation sites (N-methyl/N-ethyl adjacent to an activating group) is 1. The first-order valence-corrected chi connectivity index (χ1v) is 8.94. The number of β-amino-alcohol motifs (C(OH)–C–C–N with tert-alkyl or cyclic N) is 1. The van der Waals surface area contributed by atoms with Crippen LogP contribution in [0.5, 0.6) is 5.75 Å². The van der Waals surface area contributed by atoms with Crippen molar-refractivity contribution in [1.29, 1.82) is 0 Å². The van der Waals surface area contributed by atoms with Crippen LogP contribution in [0.3, 0.4) is 0 Å². The van der Waals surface area contributed by atoms with E-state index in [0.29, 0.717) is 43.4 Å². The van der Waals surface area contributed by atoms with E-state index in [1.54, 1.807) is 12.1 Å². The van der Waals surface area contributed by atoms with E-state index in [2.05, 4.69) is 0 Å². The van der Waals surface area contributed by atoms with Gasteiger partial charge < -0.3 is 14.7 Å². The third kappa shape index (κ3) is 5.36. The van der Waals surface area contributed by atoms with Crippen molar-refractivity contribution in [1.82, 2.24) is 9.80 Å². The van der Waals surface area contributed by atoms with E-state index >= 15 is 0 Å². The largest absolute Gasteiger partial charge is 0.490 e. The number of likely N-dealkylation sites (tertiary alicyclic amines) is 1. The summed E-state index contributed by atoms with van der Waals surface area (Å²) < 4.78 is 5.72. The summed E-state index contributed by atoms with van der Waals surface area (Å²) in [6.45, 7) is 7.20. The summed E-state index contributed by atoms with van der Waals surface area (Å²) in [7, 11) is 0. The van der Waals surface area contributed by atoms with Gasteiger partial charge in [-0.3, -0.25) is 9.69 Å². The van der Waals surface area contributed by atoms with E-state index in [9.17, 15) is 9.90 Å². The maximum absolute atomic E-state index is 12.3. The Bertz CT molecular complexity index is 551. The van der Waals surface area contributed by atoms with Crippen LogP contribution in [0.25, 0.3) is 0 Å². The number of ether oxygens (including phenoxy) is 1. The number of nitrogens with zero attached hydrogens (tertiary/aromatic N) is 2. The predicted octanol–water partition coefficient (Wildman–Crippen LogP) is 2.41. The van der Waals surface area contributed by atoms with Crippen molar-refractivity contribution in [3.63, 3.8) is 0 Å². The molecule has 1 saturated heterocycles. The Morgan fingerprint density at radius 1 is 1.42 bits per heavy atom. The maximum Gasteiger partial charge on any atom is 0.236 e. The van der Waals surface area contributed by atoms with Crippen LogP contribution in [0.1, 0.15) is 26.7 Å². The molecule has 1 unspecified atom stereocenters. The normalized spacial score (nSPS) is 21.5. The Balaban J connectivity index is 1.89. The van der Waals surface area contributed by atoms with Crippen LogP contribution in [-0.4, -0.2) is 65.7 Å². The molecule has 0 aromatic heterocycles. The molecule has 0 bridgehead atoms. The number of halogens is 1. The molecule has 1 aliphatic rings. The zero-order valence-electron chi connectivity index (χ0n) is 14.5. The first-order valence-electron chi connectivity index (χ1n) is 8.56. The van der Waals surface area contributed by atoms with Crippen LogP contribution in [-0.2, 0) is 4.79 Å². The molecular formula is C18H27ClN2O3. The molecule has 1 fully saturated rings. The van der Waals surface area contributed by atoms with Crippen molar-refractivity contribution in [2.75, 3.05) is 39.3 Å². The van der Waals surface area contributed by atoms with Crippen LogP contribution < -0.4 is 4.74 Å². The van der Waals surface area contributed by atoms with E-state index in [1.807, 2.05) is 35.8 Å². The second-order valence-corrected chi connectivity index (χ2v) is 6.79. The summed E-state index contributed by atoms with van der Waals surface area (Å²) in [6, 6.07) is 7.15. The van der Waals surface area contributed by atoms with Crippen molar-refractivity contribution >= 4 is 17.5 Å². The number of piperidine rings is 1. The Morgan fingerprint density at radius 2 is 2.17 bits per heavy atom. The predicted molar refractivity (Wildman–Crippen MR) is 95.5 cm³/mol. The van der Waals surface area contributed by atoms with Crippen LogP contribution in [0, 0.1) is 0 Å². The molecule has 1 amide bonds. The molecule has 1 N–H and O–H groups in total. The lowest BCUT2D eigenvalue weighted by Gasteiger charge is -2.39. The Labute approximate surface area is 149 Å². The molecule has 134 valence electrons. The molecule has 2 rings (SSSR count). The van der Waals surface area contributed by atoms with E-state index < -0.39 is 5.60 Å². The molecular weight excluding hydrogens is 328 g/mol. The number of carbonyl (C=O) groups is 1. The molecule has 0 saturated carbocycles. The lowest BCUT2D eigenvalue weighted by atomic mass is 9.93. The smallest absolute Gasteiger partial charge is 0.236 e. The van der Waals surface area contributed by atoms with Gasteiger partial charge >= 0.3 is 0 Å². The Kier molecular flexibility index (Phi) is 6.90. The summed E-state index contributed by atoms with van der Waals surface area (Å²) in [5.41, 5.74) is -0.940. The van der Waals surface area contributed by atoms with Gasteiger partial charge in [0.1, 0.15) is 18.0 Å². The minimum absolute atomic E-state index is 0.111. The average Bonchev–Trinajstić information content (AvgIpc) is 2.54. The fraction of sp³-hybridized carbons (Fsp3) is 0.611. The first-order chi connectivity index (χ1) is 11.5. The Morgan fingerprint density at radius 3 is 2.83 bits per heavy atom. The van der Waals surface area contributed by atoms with Gasteiger partial charge in [0.25, 0.3) is 0 Å². The number of carbonyl (C=O) groups excluding carboxylic acids is 1. The third-order valence-corrected chi connectivity index (χ3v) is 4.65. The highest BCUT2D eigenvalue weighted by Gasteiger charge is 2.35. The summed E-state index contributed by atoms with van der Waals surface area (Å²) in [6.07, 6.45) is 1.52. The quantitative estimate of drug-likeness (QED) is 0.817. The molecule has 1 aromatic rings. The van der Waals surface area contributed by atoms with E-state index in [-0.39, 0.29) is 12.5 Å². The van der Waals surface area contributed by atoms with E-state index in [4.69, 9.17) is 16.3 Å². The van der Waals surface area contributed by atoms with Gasteiger partial charge in [-0.25, -0.2) is 0 Å². The highest BCUT2D eigenvalue weighted by Crippen LogP contribution is 2.24. The van der Waals surface area contributed by atoms with Crippen LogP contribution in [0.2, 0.25) is 5.02 Å². The van der Waals surface area contributed by atoms with Gasteiger partial charge in [0, 0.05) is 24.7 Å². The second-order valence-electron chi connectivity index (χ2n) is 6.35. The van der Waals surface area contributed by atoms with Crippen LogP contribution in [0.15, 0.2) is 24.3 Å². The summed E-state index contributed by atoms with van der Waals surface area (Å²) in [5, 5.41) is 11.4. The third-order valence-electron chi connectivity index (χ3n) is 4.41. The van der Waals surface area contributed by atoms with Gasteiger partial charge in [-0.1, -0.05) is 17.7 Å². The van der Waals surface area contributed by atoms with Crippen molar-refractivity contribution in [3.05, 3.63) is 29.3 Å². The molecule has 5 nitrogen and oxygen atoms in total. The second kappa shape index (κ2) is 8.70. The number of rotatable bonds is 7. The zero-order valence-corrected chi connectivity index (χ0v) is 15.3. The number of aliphatic hydroxyl groups is 1. The van der Waals surface area contributed by atoms with Gasteiger partial charge in [-0.2, -0.15) is 0 Å². The van der Waals surface area contributed by atoms with Crippen molar-refractivity contribution in [3.8, 4) is 5.75 Å². The maximum atomic E-state index is 12.3. The number of hydrogen-bond donors (Lipinski definition) is 1. The highest BCUT2D eigenvalue weighted by atomic mass is 35.5. The average molecular weight is 355 g/mol. The number of hydrogen-bond acceptors (Lipinski definition) is 4. The first kappa shape index (κ1) is 19.0. The van der Waals surface area contributed by atoms with E-state index in [0.717, 1.165) is 13.0 Å². The monoisotopic (exact) mass is 354 g/mol. The molecule has 6 heteroatoms. The van der Waals surface area contributed by atoms with Crippen LogP contribution >= 0.6 is 11.6 Å². The standard InChI is InChI=1S/C18H27ClN2O3/c1-3-21(4-2)17(22)12-20-10-6-9-18(23,13-20)14-24-16-8-5-7-15(19)11-16/h5,7-8,11,23H,3-4,6,9-10,12-14H2,1-2H3. The fourth-order valence-electron chi connectivity index (χ4n) is 3.10. The molecule has 24 heavy (non-hydrogen) atoms. The lowest BCUT2D eigenvalue weighted by molar-refractivity contribution is -0.134. The minimum Gasteiger partial charge on any atom is -0.490 e. The molecule has 1 atom stereocenters. The Hall–Kier alpha value is -1.30. The SMILES string of the molecule is CCN(CC)C(=O)CN1CCCC(O)(COc2cccc(Cl)c2)C1. The lowest BCUT2D eigenvalue weighted by Crippen LogP contribution is -2.54. The zero-order chi connectivity index (χ0) is 17.6. The molecule has 0 spiro atoms. The van der Waals surface area contributed by atoms with Crippen LogP contribution in [0.4, 0.5) is 0 Å². The molecule has 1 heterocycles. The molecule has 0 radical (unpaired) electrons. The van der Waals surface area contributed by atoms with E-state index in [1.165, 1.54) is 0 Å². The van der Waals surface area contributed by atoms with Crippen molar-refractivity contribution in [2.24, 2.45) is 0 Å². The number of amides is 1.